The van der Waals surface area contributed by atoms with E-state index < -0.39 is 5.54 Å². The molecule has 1 aliphatic heterocycles. The highest BCUT2D eigenvalue weighted by molar-refractivity contribution is 9.10. The van der Waals surface area contributed by atoms with Gasteiger partial charge in [0.25, 0.3) is 5.91 Å². The monoisotopic (exact) mass is 416 g/mol. The fourth-order valence-electron chi connectivity index (χ4n) is 3.02. The van der Waals surface area contributed by atoms with Crippen molar-refractivity contribution >= 4 is 27.5 Å². The Kier molecular flexibility index (Phi) is 5.05. The molecule has 0 aliphatic carbocycles. The molecule has 0 unspecified atom stereocenters. The second kappa shape index (κ2) is 7.11. The van der Waals surface area contributed by atoms with Gasteiger partial charge in [0.15, 0.2) is 11.5 Å². The minimum atomic E-state index is -0.422. The summed E-state index contributed by atoms with van der Waals surface area (Å²) in [6.45, 7) is 4.03. The second-order valence-corrected chi connectivity index (χ2v) is 7.56. The van der Waals surface area contributed by atoms with E-state index in [0.29, 0.717) is 23.5 Å². The molecule has 1 heterocycles. The lowest BCUT2D eigenvalue weighted by atomic mass is 9.94. The first-order valence-corrected chi connectivity index (χ1v) is 9.05. The molecule has 0 aromatic heterocycles. The van der Waals surface area contributed by atoms with Gasteiger partial charge in [0.2, 0.25) is 0 Å². The average Bonchev–Trinajstić information content (AvgIpc) is 2.96. The molecule has 0 fully saturated rings. The molecule has 1 amide bonds. The SMILES string of the molecule is COc1ccc(C2=NN(C(=O)c3ccccc3Br)C(C)(C)C2)cc1OC. The van der Waals surface area contributed by atoms with Crippen molar-refractivity contribution in [2.45, 2.75) is 25.8 Å². The van der Waals surface area contributed by atoms with Crippen molar-refractivity contribution < 1.29 is 14.3 Å². The molecular weight excluding hydrogens is 396 g/mol. The number of hydrazone groups is 1. The number of amides is 1. The van der Waals surface area contributed by atoms with E-state index in [-0.39, 0.29) is 5.91 Å². The molecule has 2 aromatic carbocycles. The lowest BCUT2D eigenvalue weighted by Gasteiger charge is -2.28. The third-order valence-corrected chi connectivity index (χ3v) is 5.10. The van der Waals surface area contributed by atoms with Crippen molar-refractivity contribution in [2.75, 3.05) is 14.2 Å². The van der Waals surface area contributed by atoms with E-state index in [1.165, 1.54) is 0 Å². The van der Waals surface area contributed by atoms with Crippen LogP contribution in [0.25, 0.3) is 0 Å². The predicted molar refractivity (Wildman–Crippen MR) is 105 cm³/mol. The fraction of sp³-hybridized carbons (Fsp3) is 0.300. The number of carbonyl (C=O) groups excluding carboxylic acids is 1. The quantitative estimate of drug-likeness (QED) is 0.737. The van der Waals surface area contributed by atoms with Crippen LogP contribution in [0.15, 0.2) is 52.0 Å². The Labute approximate surface area is 161 Å². The summed E-state index contributed by atoms with van der Waals surface area (Å²) >= 11 is 3.45. The lowest BCUT2D eigenvalue weighted by Crippen LogP contribution is -2.40. The van der Waals surface area contributed by atoms with Gasteiger partial charge in [-0.1, -0.05) is 12.1 Å². The van der Waals surface area contributed by atoms with Crippen LogP contribution in [0.4, 0.5) is 0 Å². The Balaban J connectivity index is 1.97. The summed E-state index contributed by atoms with van der Waals surface area (Å²) in [6.07, 6.45) is 0.651. The van der Waals surface area contributed by atoms with E-state index in [9.17, 15) is 4.79 Å². The first kappa shape index (κ1) is 18.5. The summed E-state index contributed by atoms with van der Waals surface area (Å²) in [5.41, 5.74) is 1.93. The highest BCUT2D eigenvalue weighted by Crippen LogP contribution is 2.34. The minimum absolute atomic E-state index is 0.127. The number of nitrogens with zero attached hydrogens (tertiary/aromatic N) is 2. The maximum atomic E-state index is 13.0. The second-order valence-electron chi connectivity index (χ2n) is 6.70. The summed E-state index contributed by atoms with van der Waals surface area (Å²) in [4.78, 5) is 13.0. The number of benzene rings is 2. The van der Waals surface area contributed by atoms with Crippen molar-refractivity contribution in [3.63, 3.8) is 0 Å². The van der Waals surface area contributed by atoms with E-state index >= 15 is 0 Å². The van der Waals surface area contributed by atoms with Crippen LogP contribution in [0.3, 0.4) is 0 Å². The van der Waals surface area contributed by atoms with Crippen LogP contribution < -0.4 is 9.47 Å². The van der Waals surface area contributed by atoms with Crippen LogP contribution in [0, 0.1) is 0 Å². The molecule has 0 bridgehead atoms. The highest BCUT2D eigenvalue weighted by atomic mass is 79.9. The van der Waals surface area contributed by atoms with Crippen LogP contribution in [-0.4, -0.2) is 36.4 Å². The molecule has 0 spiro atoms. The van der Waals surface area contributed by atoms with Gasteiger partial charge in [-0.25, -0.2) is 5.01 Å². The molecule has 6 heteroatoms. The summed E-state index contributed by atoms with van der Waals surface area (Å²) in [7, 11) is 3.20. The van der Waals surface area contributed by atoms with Crippen molar-refractivity contribution in [3.05, 3.63) is 58.1 Å². The largest absolute Gasteiger partial charge is 0.493 e. The van der Waals surface area contributed by atoms with Crippen LogP contribution >= 0.6 is 15.9 Å². The van der Waals surface area contributed by atoms with Gasteiger partial charge in [-0.3, -0.25) is 4.79 Å². The Morgan fingerprint density at radius 3 is 2.46 bits per heavy atom. The van der Waals surface area contributed by atoms with E-state index in [0.717, 1.165) is 15.7 Å². The minimum Gasteiger partial charge on any atom is -0.493 e. The van der Waals surface area contributed by atoms with Crippen LogP contribution in [0.2, 0.25) is 0 Å². The summed E-state index contributed by atoms with van der Waals surface area (Å²) in [6, 6.07) is 13.1. The van der Waals surface area contributed by atoms with Gasteiger partial charge in [-0.05, 0) is 60.1 Å². The zero-order valence-corrected chi connectivity index (χ0v) is 16.8. The fourth-order valence-corrected chi connectivity index (χ4v) is 3.48. The van der Waals surface area contributed by atoms with Crippen LogP contribution in [0.5, 0.6) is 11.5 Å². The molecular formula is C20H21BrN2O3. The van der Waals surface area contributed by atoms with Gasteiger partial charge in [-0.2, -0.15) is 5.10 Å². The number of carbonyl (C=O) groups is 1. The molecule has 0 saturated carbocycles. The maximum Gasteiger partial charge on any atom is 0.275 e. The molecule has 0 radical (unpaired) electrons. The molecule has 136 valence electrons. The van der Waals surface area contributed by atoms with Gasteiger partial charge < -0.3 is 9.47 Å². The smallest absolute Gasteiger partial charge is 0.275 e. The van der Waals surface area contributed by atoms with E-state index in [1.54, 1.807) is 25.3 Å². The third kappa shape index (κ3) is 3.33. The molecule has 2 aromatic rings. The number of ether oxygens (including phenoxy) is 2. The van der Waals surface area contributed by atoms with E-state index in [1.807, 2.05) is 50.2 Å². The van der Waals surface area contributed by atoms with Gasteiger partial charge in [0.1, 0.15) is 0 Å². The number of hydrogen-bond acceptors (Lipinski definition) is 4. The zero-order chi connectivity index (χ0) is 18.9. The van der Waals surface area contributed by atoms with Gasteiger partial charge in [0.05, 0.1) is 31.0 Å². The predicted octanol–water partition coefficient (Wildman–Crippen LogP) is 4.50. The Morgan fingerprint density at radius 2 is 1.81 bits per heavy atom. The van der Waals surface area contributed by atoms with E-state index in [2.05, 4.69) is 21.0 Å². The Bertz CT molecular complexity index is 877. The first-order chi connectivity index (χ1) is 12.4. The summed E-state index contributed by atoms with van der Waals surface area (Å²) in [5.74, 6) is 1.18. The number of halogens is 1. The van der Waals surface area contributed by atoms with Crippen LogP contribution in [0.1, 0.15) is 36.2 Å². The van der Waals surface area contributed by atoms with E-state index in [4.69, 9.17) is 9.47 Å². The normalized spacial score (nSPS) is 15.6. The van der Waals surface area contributed by atoms with Crippen molar-refractivity contribution in [2.24, 2.45) is 5.10 Å². The number of rotatable bonds is 4. The first-order valence-electron chi connectivity index (χ1n) is 8.26. The van der Waals surface area contributed by atoms with Gasteiger partial charge in [0, 0.05) is 16.5 Å². The Hall–Kier alpha value is -2.34. The molecule has 26 heavy (non-hydrogen) atoms. The van der Waals surface area contributed by atoms with Crippen LogP contribution in [-0.2, 0) is 0 Å². The highest BCUT2D eigenvalue weighted by Gasteiger charge is 2.39. The molecule has 0 saturated heterocycles. The number of methoxy groups -OCH3 is 2. The van der Waals surface area contributed by atoms with Crippen molar-refractivity contribution in [1.82, 2.24) is 5.01 Å². The number of hydrogen-bond donors (Lipinski definition) is 0. The van der Waals surface area contributed by atoms with Gasteiger partial charge >= 0.3 is 0 Å². The lowest BCUT2D eigenvalue weighted by molar-refractivity contribution is 0.0611. The van der Waals surface area contributed by atoms with Crippen molar-refractivity contribution in [1.29, 1.82) is 0 Å². The summed E-state index contributed by atoms with van der Waals surface area (Å²) in [5, 5.41) is 6.21. The standard InChI is InChI=1S/C20H21BrN2O3/c1-20(2)12-16(13-9-10-17(25-3)18(11-13)26-4)22-23(20)19(24)14-7-5-6-8-15(14)21/h5-11H,12H2,1-4H3. The zero-order valence-electron chi connectivity index (χ0n) is 15.2. The molecule has 1 aliphatic rings. The van der Waals surface area contributed by atoms with Gasteiger partial charge in [-0.15, -0.1) is 0 Å². The average molecular weight is 417 g/mol. The van der Waals surface area contributed by atoms with Crippen molar-refractivity contribution in [3.8, 4) is 11.5 Å². The molecule has 0 N–H and O–H groups in total. The third-order valence-electron chi connectivity index (χ3n) is 4.41. The topological polar surface area (TPSA) is 51.1 Å². The summed E-state index contributed by atoms with van der Waals surface area (Å²) < 4.78 is 11.4. The molecule has 5 nitrogen and oxygen atoms in total. The maximum absolute atomic E-state index is 13.0. The molecule has 0 atom stereocenters. The molecule has 3 rings (SSSR count). The Morgan fingerprint density at radius 1 is 1.12 bits per heavy atom.